The first-order valence-electron chi connectivity index (χ1n) is 10.0. The van der Waals surface area contributed by atoms with Gasteiger partial charge in [-0.05, 0) is 55.0 Å². The van der Waals surface area contributed by atoms with Crippen molar-refractivity contribution in [3.63, 3.8) is 0 Å². The molecule has 0 amide bonds. The smallest absolute Gasteiger partial charge is 0.343 e. The molecule has 0 N–H and O–H groups in total. The van der Waals surface area contributed by atoms with Crippen LogP contribution in [0.1, 0.15) is 55.8 Å². The third-order valence-electron chi connectivity index (χ3n) is 4.28. The van der Waals surface area contributed by atoms with E-state index in [1.54, 1.807) is 48.5 Å². The first-order chi connectivity index (χ1) is 14.1. The zero-order valence-corrected chi connectivity index (χ0v) is 16.9. The van der Waals surface area contributed by atoms with E-state index >= 15 is 0 Å². The molecule has 29 heavy (non-hydrogen) atoms. The third-order valence-corrected chi connectivity index (χ3v) is 4.28. The molecule has 0 saturated carbocycles. The molecule has 0 aliphatic rings. The number of ether oxygens (including phenoxy) is 3. The molecule has 0 aromatic heterocycles. The molecule has 0 unspecified atom stereocenters. The molecule has 0 heterocycles. The predicted octanol–water partition coefficient (Wildman–Crippen LogP) is 5.74. The second-order valence-electron chi connectivity index (χ2n) is 6.63. The molecule has 0 fully saturated rings. The van der Waals surface area contributed by atoms with Gasteiger partial charge in [-0.15, -0.1) is 0 Å². The maximum Gasteiger partial charge on any atom is 0.343 e. The van der Waals surface area contributed by atoms with E-state index in [4.69, 9.17) is 14.2 Å². The highest BCUT2D eigenvalue weighted by atomic mass is 16.5. The van der Waals surface area contributed by atoms with E-state index < -0.39 is 11.9 Å². The number of unbranched alkanes of at least 4 members (excludes halogenated alkanes) is 5. The Balaban J connectivity index is 1.76. The minimum absolute atomic E-state index is 0.349. The average Bonchev–Trinajstić information content (AvgIpc) is 2.74. The minimum atomic E-state index is -0.548. The summed E-state index contributed by atoms with van der Waals surface area (Å²) in [7, 11) is 0. The molecule has 5 nitrogen and oxygen atoms in total. The van der Waals surface area contributed by atoms with Crippen LogP contribution in [0.15, 0.2) is 61.2 Å². The minimum Gasteiger partial charge on any atom is -0.494 e. The van der Waals surface area contributed by atoms with Crippen LogP contribution in [0.2, 0.25) is 0 Å². The maximum atomic E-state index is 12.3. The van der Waals surface area contributed by atoms with Crippen molar-refractivity contribution in [1.29, 1.82) is 0 Å². The van der Waals surface area contributed by atoms with Crippen molar-refractivity contribution in [3.8, 4) is 17.2 Å². The Morgan fingerprint density at radius 2 is 1.34 bits per heavy atom. The zero-order valence-electron chi connectivity index (χ0n) is 16.9. The summed E-state index contributed by atoms with van der Waals surface area (Å²) in [4.78, 5) is 23.4. The lowest BCUT2D eigenvalue weighted by molar-refractivity contribution is -0.128. The number of esters is 2. The van der Waals surface area contributed by atoms with Gasteiger partial charge in [0.2, 0.25) is 0 Å². The van der Waals surface area contributed by atoms with Gasteiger partial charge in [0.15, 0.2) is 0 Å². The molecule has 0 aliphatic heterocycles. The van der Waals surface area contributed by atoms with E-state index in [0.717, 1.165) is 18.2 Å². The molecule has 0 spiro atoms. The number of carbonyl (C=O) groups excluding carboxylic acids is 2. The Bertz CT molecular complexity index is 778. The van der Waals surface area contributed by atoms with E-state index in [9.17, 15) is 9.59 Å². The topological polar surface area (TPSA) is 61.8 Å². The van der Waals surface area contributed by atoms with Crippen LogP contribution in [-0.2, 0) is 4.79 Å². The Hall–Kier alpha value is -3.08. The second-order valence-corrected chi connectivity index (χ2v) is 6.63. The van der Waals surface area contributed by atoms with Crippen molar-refractivity contribution in [2.75, 3.05) is 6.61 Å². The summed E-state index contributed by atoms with van der Waals surface area (Å²) in [5, 5.41) is 0. The molecule has 0 saturated heterocycles. The van der Waals surface area contributed by atoms with E-state index in [1.807, 2.05) is 0 Å². The molecular formula is C24H28O5. The molecule has 0 atom stereocenters. The fourth-order valence-corrected chi connectivity index (χ4v) is 2.66. The van der Waals surface area contributed by atoms with Crippen LogP contribution in [0.5, 0.6) is 17.2 Å². The number of hydrogen-bond donors (Lipinski definition) is 0. The zero-order chi connectivity index (χ0) is 20.9. The molecule has 2 rings (SSSR count). The Morgan fingerprint density at radius 3 is 1.97 bits per heavy atom. The molecule has 0 bridgehead atoms. The lowest BCUT2D eigenvalue weighted by Crippen LogP contribution is -2.08. The van der Waals surface area contributed by atoms with Gasteiger partial charge in [-0.3, -0.25) is 0 Å². The quantitative estimate of drug-likeness (QED) is 0.198. The van der Waals surface area contributed by atoms with E-state index in [0.29, 0.717) is 23.7 Å². The van der Waals surface area contributed by atoms with Gasteiger partial charge < -0.3 is 14.2 Å². The summed E-state index contributed by atoms with van der Waals surface area (Å²) >= 11 is 0. The summed E-state index contributed by atoms with van der Waals surface area (Å²) in [6.07, 6.45) is 8.37. The van der Waals surface area contributed by atoms with Gasteiger partial charge in [-0.2, -0.15) is 0 Å². The van der Waals surface area contributed by atoms with Crippen LogP contribution in [-0.4, -0.2) is 18.5 Å². The molecule has 0 aliphatic carbocycles. The van der Waals surface area contributed by atoms with Crippen molar-refractivity contribution in [2.24, 2.45) is 0 Å². The fourth-order valence-electron chi connectivity index (χ4n) is 2.66. The van der Waals surface area contributed by atoms with Crippen molar-refractivity contribution >= 4 is 11.9 Å². The van der Waals surface area contributed by atoms with Crippen LogP contribution in [0.25, 0.3) is 0 Å². The van der Waals surface area contributed by atoms with Crippen molar-refractivity contribution in [3.05, 3.63) is 66.7 Å². The highest BCUT2D eigenvalue weighted by Crippen LogP contribution is 2.20. The number of hydrogen-bond acceptors (Lipinski definition) is 5. The highest BCUT2D eigenvalue weighted by molar-refractivity contribution is 5.91. The van der Waals surface area contributed by atoms with E-state index in [2.05, 4.69) is 13.5 Å². The van der Waals surface area contributed by atoms with Crippen LogP contribution in [0, 0.1) is 0 Å². The van der Waals surface area contributed by atoms with E-state index in [-0.39, 0.29) is 0 Å². The first-order valence-corrected chi connectivity index (χ1v) is 10.0. The normalized spacial score (nSPS) is 10.2. The number of rotatable bonds is 12. The van der Waals surface area contributed by atoms with Gasteiger partial charge in [0.05, 0.1) is 12.2 Å². The number of carbonyl (C=O) groups is 2. The summed E-state index contributed by atoms with van der Waals surface area (Å²) in [6.45, 7) is 6.22. The average molecular weight is 396 g/mol. The second kappa shape index (κ2) is 12.4. The monoisotopic (exact) mass is 396 g/mol. The molecule has 2 aromatic carbocycles. The van der Waals surface area contributed by atoms with Crippen LogP contribution >= 0.6 is 0 Å². The Morgan fingerprint density at radius 1 is 0.793 bits per heavy atom. The summed E-state index contributed by atoms with van der Waals surface area (Å²) in [5.41, 5.74) is 0.430. The van der Waals surface area contributed by atoms with Crippen LogP contribution in [0.3, 0.4) is 0 Å². The van der Waals surface area contributed by atoms with Gasteiger partial charge >= 0.3 is 11.9 Å². The summed E-state index contributed by atoms with van der Waals surface area (Å²) in [6, 6.07) is 13.1. The number of benzene rings is 2. The molecule has 0 radical (unpaired) electrons. The molecule has 154 valence electrons. The fraction of sp³-hybridized carbons (Fsp3) is 0.333. The van der Waals surface area contributed by atoms with Crippen LogP contribution in [0.4, 0.5) is 0 Å². The molecule has 5 heteroatoms. The predicted molar refractivity (Wildman–Crippen MR) is 113 cm³/mol. The van der Waals surface area contributed by atoms with Crippen molar-refractivity contribution < 1.29 is 23.8 Å². The van der Waals surface area contributed by atoms with Gasteiger partial charge in [0.1, 0.15) is 17.2 Å². The maximum absolute atomic E-state index is 12.3. The molecular weight excluding hydrogens is 368 g/mol. The van der Waals surface area contributed by atoms with Gasteiger partial charge in [-0.25, -0.2) is 9.59 Å². The Kier molecular flexibility index (Phi) is 9.49. The van der Waals surface area contributed by atoms with Gasteiger partial charge in [0, 0.05) is 6.08 Å². The SMILES string of the molecule is C=CC(=O)Oc1ccc(OC(=O)c2ccc(OCCCCCCCC)cc2)cc1. The van der Waals surface area contributed by atoms with E-state index in [1.165, 1.54) is 32.1 Å². The summed E-state index contributed by atoms with van der Waals surface area (Å²) < 4.78 is 16.0. The largest absolute Gasteiger partial charge is 0.494 e. The van der Waals surface area contributed by atoms with Gasteiger partial charge in [-0.1, -0.05) is 45.6 Å². The van der Waals surface area contributed by atoms with Crippen molar-refractivity contribution in [1.82, 2.24) is 0 Å². The first kappa shape index (κ1) is 22.2. The lowest BCUT2D eigenvalue weighted by atomic mass is 10.1. The van der Waals surface area contributed by atoms with Crippen molar-refractivity contribution in [2.45, 2.75) is 45.4 Å². The third kappa shape index (κ3) is 8.21. The van der Waals surface area contributed by atoms with Crippen LogP contribution < -0.4 is 14.2 Å². The molecule has 2 aromatic rings. The Labute approximate surface area is 172 Å². The van der Waals surface area contributed by atoms with Gasteiger partial charge in [0.25, 0.3) is 0 Å². The highest BCUT2D eigenvalue weighted by Gasteiger charge is 2.09. The summed E-state index contributed by atoms with van der Waals surface area (Å²) in [5.74, 6) is 0.429. The standard InChI is InChI=1S/C24H28O5/c1-3-5-6-7-8-9-18-27-20-12-10-19(11-13-20)24(26)29-22-16-14-21(15-17-22)28-23(25)4-2/h4,10-17H,2-3,5-9,18H2,1H3. The lowest BCUT2D eigenvalue weighted by Gasteiger charge is -2.08.